The van der Waals surface area contributed by atoms with Crippen LogP contribution in [0.3, 0.4) is 0 Å². The van der Waals surface area contributed by atoms with Gasteiger partial charge in [0.1, 0.15) is 5.82 Å². The van der Waals surface area contributed by atoms with Crippen LogP contribution in [0.2, 0.25) is 0 Å². The van der Waals surface area contributed by atoms with Gasteiger partial charge in [0.15, 0.2) is 0 Å². The number of aliphatic hydroxyl groups is 1. The third kappa shape index (κ3) is 3.10. The Bertz CT molecular complexity index is 1100. The summed E-state index contributed by atoms with van der Waals surface area (Å²) in [5.74, 6) is -0.175. The Kier molecular flexibility index (Phi) is 4.62. The molecular weight excluding hydrogens is 375 g/mol. The van der Waals surface area contributed by atoms with Crippen molar-refractivity contribution >= 4 is 6.08 Å². The SMILES string of the molecule is Cc1ccc(-n2ncc3c2C=C2CCC[C@H]([C@H](O)c4ccc(F)cc4)[C@@]2(C)C3)cc1. The number of aliphatic hydroxyl groups excluding tert-OH is 1. The maximum absolute atomic E-state index is 13.4. The normalized spacial score (nSPS) is 24.0. The van der Waals surface area contributed by atoms with Crippen LogP contribution in [-0.2, 0) is 6.42 Å². The zero-order valence-corrected chi connectivity index (χ0v) is 17.5. The molecule has 154 valence electrons. The lowest BCUT2D eigenvalue weighted by molar-refractivity contribution is 0.0217. The summed E-state index contributed by atoms with van der Waals surface area (Å²) in [4.78, 5) is 0. The van der Waals surface area contributed by atoms with Crippen molar-refractivity contribution in [1.82, 2.24) is 9.78 Å². The zero-order chi connectivity index (χ0) is 20.9. The molecular formula is C26H27FN2O. The molecule has 2 aliphatic carbocycles. The van der Waals surface area contributed by atoms with E-state index in [2.05, 4.69) is 44.2 Å². The topological polar surface area (TPSA) is 38.0 Å². The molecule has 1 fully saturated rings. The molecule has 3 aromatic rings. The van der Waals surface area contributed by atoms with Crippen molar-refractivity contribution < 1.29 is 9.50 Å². The lowest BCUT2D eigenvalue weighted by Gasteiger charge is -2.47. The molecule has 0 saturated heterocycles. The second-order valence-electron chi connectivity index (χ2n) is 9.06. The van der Waals surface area contributed by atoms with Crippen molar-refractivity contribution in [3.8, 4) is 5.69 Å². The summed E-state index contributed by atoms with van der Waals surface area (Å²) in [7, 11) is 0. The van der Waals surface area contributed by atoms with Gasteiger partial charge in [0, 0.05) is 0 Å². The van der Waals surface area contributed by atoms with E-state index in [0.717, 1.165) is 42.6 Å². The van der Waals surface area contributed by atoms with E-state index in [1.54, 1.807) is 12.1 Å². The van der Waals surface area contributed by atoms with E-state index < -0.39 is 6.10 Å². The van der Waals surface area contributed by atoms with E-state index in [4.69, 9.17) is 5.10 Å². The first-order valence-electron chi connectivity index (χ1n) is 10.7. The van der Waals surface area contributed by atoms with Crippen molar-refractivity contribution in [3.05, 3.63) is 88.5 Å². The Morgan fingerprint density at radius 3 is 2.60 bits per heavy atom. The Balaban J connectivity index is 1.51. The fourth-order valence-corrected chi connectivity index (χ4v) is 5.37. The Labute approximate surface area is 176 Å². The van der Waals surface area contributed by atoms with Crippen LogP contribution in [0.4, 0.5) is 4.39 Å². The molecule has 1 aromatic heterocycles. The summed E-state index contributed by atoms with van der Waals surface area (Å²) in [5, 5.41) is 15.9. The minimum absolute atomic E-state index is 0.0961. The van der Waals surface area contributed by atoms with Gasteiger partial charge >= 0.3 is 0 Å². The molecule has 30 heavy (non-hydrogen) atoms. The van der Waals surface area contributed by atoms with Gasteiger partial charge in [-0.15, -0.1) is 0 Å². The van der Waals surface area contributed by atoms with Gasteiger partial charge in [0.25, 0.3) is 0 Å². The minimum atomic E-state index is -0.604. The van der Waals surface area contributed by atoms with Gasteiger partial charge in [-0.1, -0.05) is 42.3 Å². The van der Waals surface area contributed by atoms with Gasteiger partial charge in [-0.2, -0.15) is 5.10 Å². The number of fused-ring (bicyclic) bond motifs is 2. The quantitative estimate of drug-likeness (QED) is 0.601. The third-order valence-electron chi connectivity index (χ3n) is 7.14. The number of halogens is 1. The number of benzene rings is 2. The molecule has 1 saturated carbocycles. The molecule has 1 N–H and O–H groups in total. The molecule has 3 nitrogen and oxygen atoms in total. The number of aryl methyl sites for hydroxylation is 1. The van der Waals surface area contributed by atoms with E-state index in [0.29, 0.717) is 0 Å². The summed E-state index contributed by atoms with van der Waals surface area (Å²) >= 11 is 0. The number of hydrogen-bond donors (Lipinski definition) is 1. The smallest absolute Gasteiger partial charge is 0.123 e. The van der Waals surface area contributed by atoms with Crippen LogP contribution in [0, 0.1) is 24.1 Å². The van der Waals surface area contributed by atoms with E-state index in [1.165, 1.54) is 28.8 Å². The Hall–Kier alpha value is -2.72. The van der Waals surface area contributed by atoms with Gasteiger partial charge in [-0.3, -0.25) is 0 Å². The van der Waals surface area contributed by atoms with Gasteiger partial charge < -0.3 is 5.11 Å². The van der Waals surface area contributed by atoms with Gasteiger partial charge in [-0.05, 0) is 85.4 Å². The molecule has 3 atom stereocenters. The molecule has 4 heteroatoms. The molecule has 2 aliphatic rings. The predicted molar refractivity (Wildman–Crippen MR) is 117 cm³/mol. The maximum Gasteiger partial charge on any atom is 0.123 e. The van der Waals surface area contributed by atoms with Crippen LogP contribution in [0.15, 0.2) is 60.3 Å². The molecule has 5 rings (SSSR count). The fraction of sp³-hybridized carbons (Fsp3) is 0.346. The number of nitrogens with zero attached hydrogens (tertiary/aromatic N) is 2. The summed E-state index contributed by atoms with van der Waals surface area (Å²) in [5.41, 5.74) is 6.74. The number of hydrogen-bond acceptors (Lipinski definition) is 2. The summed E-state index contributed by atoms with van der Waals surface area (Å²) in [6.45, 7) is 4.37. The monoisotopic (exact) mass is 402 g/mol. The summed E-state index contributed by atoms with van der Waals surface area (Å²) < 4.78 is 15.4. The number of allylic oxidation sites excluding steroid dienone is 1. The van der Waals surface area contributed by atoms with Crippen molar-refractivity contribution in [3.63, 3.8) is 0 Å². The fourth-order valence-electron chi connectivity index (χ4n) is 5.37. The molecule has 1 heterocycles. The van der Waals surface area contributed by atoms with E-state index in [9.17, 15) is 9.50 Å². The van der Waals surface area contributed by atoms with Crippen molar-refractivity contribution in [2.24, 2.45) is 11.3 Å². The first-order valence-corrected chi connectivity index (χ1v) is 10.7. The maximum atomic E-state index is 13.4. The van der Waals surface area contributed by atoms with E-state index >= 15 is 0 Å². The van der Waals surface area contributed by atoms with Crippen molar-refractivity contribution in [2.45, 2.75) is 45.6 Å². The minimum Gasteiger partial charge on any atom is -0.388 e. The Morgan fingerprint density at radius 1 is 1.13 bits per heavy atom. The molecule has 0 amide bonds. The molecule has 0 spiro atoms. The summed E-state index contributed by atoms with van der Waals surface area (Å²) in [6, 6.07) is 14.7. The van der Waals surface area contributed by atoms with Gasteiger partial charge in [-0.25, -0.2) is 9.07 Å². The van der Waals surface area contributed by atoms with Crippen LogP contribution in [0.1, 0.15) is 54.7 Å². The molecule has 0 bridgehead atoms. The average molecular weight is 403 g/mol. The van der Waals surface area contributed by atoms with Crippen LogP contribution < -0.4 is 0 Å². The number of aromatic nitrogens is 2. The second kappa shape index (κ2) is 7.21. The highest BCUT2D eigenvalue weighted by Crippen LogP contribution is 2.54. The average Bonchev–Trinajstić information content (AvgIpc) is 3.14. The lowest BCUT2D eigenvalue weighted by atomic mass is 9.57. The highest BCUT2D eigenvalue weighted by atomic mass is 19.1. The van der Waals surface area contributed by atoms with E-state index in [1.807, 2.05) is 10.9 Å². The first-order chi connectivity index (χ1) is 14.5. The largest absolute Gasteiger partial charge is 0.388 e. The standard InChI is InChI=1S/C26H27FN2O/c1-17-6-12-22(13-7-17)29-24-14-20-4-3-5-23(26(20,2)15-19(24)16-28-29)25(30)18-8-10-21(27)11-9-18/h6-14,16,23,25,30H,3-5,15H2,1-2H3/t23-,25-,26+/m1/s1. The van der Waals surface area contributed by atoms with Gasteiger partial charge in [0.2, 0.25) is 0 Å². The Morgan fingerprint density at radius 2 is 1.87 bits per heavy atom. The molecule has 0 unspecified atom stereocenters. The third-order valence-corrected chi connectivity index (χ3v) is 7.14. The zero-order valence-electron chi connectivity index (χ0n) is 17.5. The summed E-state index contributed by atoms with van der Waals surface area (Å²) in [6.07, 6.45) is 7.60. The number of rotatable bonds is 3. The van der Waals surface area contributed by atoms with Crippen LogP contribution in [-0.4, -0.2) is 14.9 Å². The van der Waals surface area contributed by atoms with E-state index in [-0.39, 0.29) is 17.2 Å². The van der Waals surface area contributed by atoms with Crippen LogP contribution in [0.5, 0.6) is 0 Å². The molecule has 0 aliphatic heterocycles. The lowest BCUT2D eigenvalue weighted by Crippen LogP contribution is -2.40. The first kappa shape index (κ1) is 19.3. The second-order valence-corrected chi connectivity index (χ2v) is 9.06. The van der Waals surface area contributed by atoms with Crippen molar-refractivity contribution in [1.29, 1.82) is 0 Å². The highest BCUT2D eigenvalue weighted by Gasteiger charge is 2.46. The predicted octanol–water partition coefficient (Wildman–Crippen LogP) is 5.80. The van der Waals surface area contributed by atoms with Gasteiger partial charge in [0.05, 0.1) is 23.7 Å². The van der Waals surface area contributed by atoms with Crippen LogP contribution >= 0.6 is 0 Å². The molecule has 0 radical (unpaired) electrons. The van der Waals surface area contributed by atoms with Crippen LogP contribution in [0.25, 0.3) is 11.8 Å². The van der Waals surface area contributed by atoms with Crippen molar-refractivity contribution in [2.75, 3.05) is 0 Å². The molecule has 2 aromatic carbocycles. The highest BCUT2D eigenvalue weighted by molar-refractivity contribution is 5.61.